The van der Waals surface area contributed by atoms with Crippen LogP contribution in [0.25, 0.3) is 5.57 Å². The third-order valence-electron chi connectivity index (χ3n) is 8.51. The monoisotopic (exact) mass is 587 g/mol. The van der Waals surface area contributed by atoms with Gasteiger partial charge in [-0.15, -0.1) is 0 Å². The number of hydrogen-bond acceptors (Lipinski definition) is 11. The lowest BCUT2D eigenvalue weighted by Gasteiger charge is -2.39. The van der Waals surface area contributed by atoms with Crippen molar-refractivity contribution in [1.82, 2.24) is 14.9 Å². The predicted molar refractivity (Wildman–Crippen MR) is 148 cm³/mol. The van der Waals surface area contributed by atoms with Crippen LogP contribution in [0.1, 0.15) is 69.1 Å². The third-order valence-corrected chi connectivity index (χ3v) is 8.51. The molecule has 2 saturated heterocycles. The van der Waals surface area contributed by atoms with Gasteiger partial charge in [-0.25, -0.2) is 9.78 Å². The number of aromatic hydroxyl groups is 1. The Kier molecular flexibility index (Phi) is 6.38. The molecular formula is C31H29N3O9. The molecule has 4 aliphatic rings. The number of phenolic OH excluding ortho intramolecular Hbond substituents is 1. The van der Waals surface area contributed by atoms with Crippen molar-refractivity contribution in [2.24, 2.45) is 0 Å². The number of aliphatic hydroxyl groups excluding tert-OH is 2. The van der Waals surface area contributed by atoms with Crippen LogP contribution in [0, 0.1) is 6.92 Å². The summed E-state index contributed by atoms with van der Waals surface area (Å²) in [5.41, 5.74) is 2.03. The molecule has 2 fully saturated rings. The van der Waals surface area contributed by atoms with Crippen molar-refractivity contribution >= 4 is 23.1 Å². The second-order valence-electron chi connectivity index (χ2n) is 11.3. The summed E-state index contributed by atoms with van der Waals surface area (Å²) in [6, 6.07) is 6.94. The van der Waals surface area contributed by atoms with E-state index in [1.165, 1.54) is 24.5 Å². The molecular weight excluding hydrogens is 558 g/mol. The van der Waals surface area contributed by atoms with Gasteiger partial charge in [-0.2, -0.15) is 0 Å². The Morgan fingerprint density at radius 1 is 1.14 bits per heavy atom. The number of aromatic amines is 1. The number of benzene rings is 2. The van der Waals surface area contributed by atoms with Gasteiger partial charge in [-0.05, 0) is 50.5 Å². The molecule has 0 bridgehead atoms. The summed E-state index contributed by atoms with van der Waals surface area (Å²) in [4.78, 5) is 50.7. The lowest BCUT2D eigenvalue weighted by Crippen LogP contribution is -2.48. The average Bonchev–Trinajstić information content (AvgIpc) is 3.60. The average molecular weight is 588 g/mol. The Morgan fingerprint density at radius 2 is 1.95 bits per heavy atom. The van der Waals surface area contributed by atoms with E-state index in [1.807, 2.05) is 0 Å². The zero-order valence-electron chi connectivity index (χ0n) is 23.3. The van der Waals surface area contributed by atoms with Crippen LogP contribution in [0.5, 0.6) is 11.5 Å². The smallest absolute Gasteiger partial charge is 0.331 e. The van der Waals surface area contributed by atoms with Crippen LogP contribution >= 0.6 is 0 Å². The number of aromatic nitrogens is 2. The second-order valence-corrected chi connectivity index (χ2v) is 11.3. The van der Waals surface area contributed by atoms with Crippen molar-refractivity contribution in [3.63, 3.8) is 0 Å². The number of hydrogen-bond donors (Lipinski definition) is 4. The SMILES string of the molecule is Cc1cc(O)c2c(c1)C1OC(=O)[C@@H](CCc3cnc[nH]3)N1C1=C2C(=O)c2cccc(OC3CC(O)C(O)C(C)O3)c2C1=O. The number of aliphatic hydroxyl groups is 2. The molecule has 6 atom stereocenters. The number of ketones is 2. The Labute approximate surface area is 245 Å². The number of fused-ring (bicyclic) bond motifs is 6. The summed E-state index contributed by atoms with van der Waals surface area (Å²) >= 11 is 0. The van der Waals surface area contributed by atoms with Crippen molar-refractivity contribution in [2.75, 3.05) is 0 Å². The molecule has 43 heavy (non-hydrogen) atoms. The Balaban J connectivity index is 1.35. The van der Waals surface area contributed by atoms with Crippen LogP contribution in [-0.4, -0.2) is 78.4 Å². The van der Waals surface area contributed by atoms with Crippen LogP contribution in [0.3, 0.4) is 0 Å². The Bertz CT molecular complexity index is 1690. The topological polar surface area (TPSA) is 172 Å². The number of carbonyl (C=O) groups is 3. The Hall–Kier alpha value is -4.52. The normalized spacial score (nSPS) is 27.8. The molecule has 12 nitrogen and oxygen atoms in total. The summed E-state index contributed by atoms with van der Waals surface area (Å²) in [6.45, 7) is 3.37. The van der Waals surface area contributed by atoms with Gasteiger partial charge in [-0.1, -0.05) is 12.1 Å². The third kappa shape index (κ3) is 4.24. The highest BCUT2D eigenvalue weighted by Crippen LogP contribution is 2.52. The van der Waals surface area contributed by atoms with Crippen LogP contribution in [0.4, 0.5) is 0 Å². The number of aryl methyl sites for hydroxylation is 2. The van der Waals surface area contributed by atoms with E-state index in [0.717, 1.165) is 5.69 Å². The Morgan fingerprint density at radius 3 is 2.70 bits per heavy atom. The number of nitrogens with zero attached hydrogens (tertiary/aromatic N) is 2. The molecule has 7 rings (SSSR count). The molecule has 12 heteroatoms. The van der Waals surface area contributed by atoms with Gasteiger partial charge in [0.25, 0.3) is 0 Å². The van der Waals surface area contributed by atoms with Crippen molar-refractivity contribution in [1.29, 1.82) is 0 Å². The van der Waals surface area contributed by atoms with Crippen molar-refractivity contribution in [3.05, 3.63) is 82.1 Å². The molecule has 3 aromatic rings. The largest absolute Gasteiger partial charge is 0.507 e. The molecule has 0 saturated carbocycles. The zero-order valence-corrected chi connectivity index (χ0v) is 23.3. The number of esters is 1. The molecule has 2 aromatic carbocycles. The number of nitrogens with one attached hydrogen (secondary N) is 1. The summed E-state index contributed by atoms with van der Waals surface area (Å²) in [5, 5.41) is 31.5. The van der Waals surface area contributed by atoms with Gasteiger partial charge in [0.1, 0.15) is 29.3 Å². The lowest BCUT2D eigenvalue weighted by atomic mass is 9.78. The number of phenols is 1. The number of rotatable bonds is 5. The minimum absolute atomic E-state index is 0.00989. The van der Waals surface area contributed by atoms with Gasteiger partial charge in [-0.3, -0.25) is 9.59 Å². The number of Topliss-reactive ketones (excluding diaryl/α,β-unsaturated/α-hetero) is 2. The van der Waals surface area contributed by atoms with Gasteiger partial charge in [0.15, 0.2) is 5.78 Å². The highest BCUT2D eigenvalue weighted by Gasteiger charge is 2.54. The molecule has 1 aliphatic carbocycles. The van der Waals surface area contributed by atoms with E-state index >= 15 is 0 Å². The van der Waals surface area contributed by atoms with Gasteiger partial charge >= 0.3 is 5.97 Å². The van der Waals surface area contributed by atoms with Gasteiger partial charge in [0, 0.05) is 35.0 Å². The minimum atomic E-state index is -1.11. The van der Waals surface area contributed by atoms with E-state index in [2.05, 4.69) is 9.97 Å². The highest BCUT2D eigenvalue weighted by molar-refractivity contribution is 6.41. The zero-order chi connectivity index (χ0) is 30.2. The number of carbonyl (C=O) groups excluding carboxylic acids is 3. The molecule has 4 N–H and O–H groups in total. The predicted octanol–water partition coefficient (Wildman–Crippen LogP) is 2.32. The molecule has 0 radical (unpaired) electrons. The van der Waals surface area contributed by atoms with Crippen molar-refractivity contribution in [3.8, 4) is 11.5 Å². The molecule has 0 amide bonds. The van der Waals surface area contributed by atoms with E-state index in [-0.39, 0.29) is 52.3 Å². The number of imidazole rings is 1. The fourth-order valence-electron chi connectivity index (χ4n) is 6.49. The molecule has 5 unspecified atom stereocenters. The first-order valence-electron chi connectivity index (χ1n) is 14.1. The molecule has 0 spiro atoms. The first-order chi connectivity index (χ1) is 20.6. The maximum absolute atomic E-state index is 14.5. The summed E-state index contributed by atoms with van der Waals surface area (Å²) in [7, 11) is 0. The molecule has 3 aliphatic heterocycles. The fraction of sp³-hybridized carbons (Fsp3) is 0.355. The van der Waals surface area contributed by atoms with E-state index in [9.17, 15) is 29.7 Å². The standard InChI is InChI=1S/C31H29N3O9/c1-13-8-17-23(19(35)9-13)25-26(34-18(31(40)43-30(17)34)7-6-15-11-32-12-33-15)29(39)24-16(28(25)38)4-3-5-21(24)42-22-10-20(36)27(37)14(2)41-22/h3-5,8-9,11-12,14,18,20,22,27,30,35-37H,6-7,10H2,1-2H3,(H,32,33)/t14?,18-,20?,22?,27?,30?/m1/s1. The molecule has 1 aromatic heterocycles. The van der Waals surface area contributed by atoms with Gasteiger partial charge in [0.2, 0.25) is 18.3 Å². The molecule has 222 valence electrons. The van der Waals surface area contributed by atoms with Gasteiger partial charge < -0.3 is 39.4 Å². The fourth-order valence-corrected chi connectivity index (χ4v) is 6.49. The van der Waals surface area contributed by atoms with E-state index in [1.54, 1.807) is 37.1 Å². The first-order valence-corrected chi connectivity index (χ1v) is 14.1. The van der Waals surface area contributed by atoms with Crippen LogP contribution in [0.2, 0.25) is 0 Å². The first kappa shape index (κ1) is 27.3. The van der Waals surface area contributed by atoms with Crippen molar-refractivity contribution in [2.45, 2.75) is 70.0 Å². The van der Waals surface area contributed by atoms with E-state index < -0.39 is 54.4 Å². The number of H-pyrrole nitrogens is 1. The summed E-state index contributed by atoms with van der Waals surface area (Å²) in [5.74, 6) is -1.80. The van der Waals surface area contributed by atoms with Crippen LogP contribution in [0.15, 0.2) is 48.6 Å². The van der Waals surface area contributed by atoms with Crippen molar-refractivity contribution < 1.29 is 43.9 Å². The van der Waals surface area contributed by atoms with Gasteiger partial charge in [0.05, 0.1) is 29.7 Å². The lowest BCUT2D eigenvalue weighted by molar-refractivity contribution is -0.216. The molecule has 4 heterocycles. The minimum Gasteiger partial charge on any atom is -0.507 e. The van der Waals surface area contributed by atoms with E-state index in [4.69, 9.17) is 14.2 Å². The maximum Gasteiger partial charge on any atom is 0.331 e. The highest BCUT2D eigenvalue weighted by atomic mass is 16.7. The van der Waals surface area contributed by atoms with Crippen LogP contribution < -0.4 is 4.74 Å². The summed E-state index contributed by atoms with van der Waals surface area (Å²) in [6.07, 6.45) is -1.15. The quantitative estimate of drug-likeness (QED) is 0.323. The van der Waals surface area contributed by atoms with E-state index in [0.29, 0.717) is 17.5 Å². The maximum atomic E-state index is 14.5. The number of ether oxygens (including phenoxy) is 3. The van der Waals surface area contributed by atoms with Crippen LogP contribution in [-0.2, 0) is 20.7 Å². The summed E-state index contributed by atoms with van der Waals surface area (Å²) < 4.78 is 17.6. The number of allylic oxidation sites excluding steroid dienone is 2. The second kappa shape index (κ2) is 10.0.